The second-order valence-electron chi connectivity index (χ2n) is 4.97. The molecule has 6 heteroatoms. The molecule has 22 heavy (non-hydrogen) atoms. The number of carbonyl (C=O) groups excluding carboxylic acids is 1. The van der Waals surface area contributed by atoms with E-state index in [9.17, 15) is 9.18 Å². The number of rotatable bonds is 5. The molecule has 0 saturated carbocycles. The third kappa shape index (κ3) is 5.09. The third-order valence-electron chi connectivity index (χ3n) is 2.96. The van der Waals surface area contributed by atoms with E-state index in [1.165, 1.54) is 12.1 Å². The molecule has 0 aliphatic rings. The Morgan fingerprint density at radius 3 is 2.77 bits per heavy atom. The van der Waals surface area contributed by atoms with Crippen LogP contribution in [0.3, 0.4) is 0 Å². The summed E-state index contributed by atoms with van der Waals surface area (Å²) >= 11 is 9.10. The molecule has 3 nitrogen and oxygen atoms in total. The fourth-order valence-electron chi connectivity index (χ4n) is 2.03. The molecule has 116 valence electrons. The van der Waals surface area contributed by atoms with Gasteiger partial charge in [0.15, 0.2) is 0 Å². The van der Waals surface area contributed by atoms with Crippen molar-refractivity contribution in [1.82, 2.24) is 4.90 Å². The lowest BCUT2D eigenvalue weighted by atomic mass is 10.2. The summed E-state index contributed by atoms with van der Waals surface area (Å²) in [6.07, 6.45) is 0. The van der Waals surface area contributed by atoms with Crippen molar-refractivity contribution in [2.45, 2.75) is 6.54 Å². The van der Waals surface area contributed by atoms with Crippen molar-refractivity contribution < 1.29 is 9.18 Å². The molecule has 0 bridgehead atoms. The molecule has 0 radical (unpaired) electrons. The Balaban J connectivity index is 1.91. The summed E-state index contributed by atoms with van der Waals surface area (Å²) < 4.78 is 14.3. The molecule has 0 unspecified atom stereocenters. The maximum absolute atomic E-state index is 13.7. The lowest BCUT2D eigenvalue weighted by Gasteiger charge is -2.16. The number of amides is 1. The summed E-state index contributed by atoms with van der Waals surface area (Å²) in [6.45, 7) is 0.735. The van der Waals surface area contributed by atoms with E-state index in [4.69, 9.17) is 11.6 Å². The zero-order valence-corrected chi connectivity index (χ0v) is 14.3. The number of hydrogen-bond acceptors (Lipinski definition) is 2. The first-order chi connectivity index (χ1) is 10.4. The van der Waals surface area contributed by atoms with Crippen LogP contribution in [0.4, 0.5) is 10.1 Å². The normalized spacial score (nSPS) is 10.8. The molecule has 0 aromatic heterocycles. The number of benzene rings is 2. The van der Waals surface area contributed by atoms with E-state index in [1.54, 1.807) is 12.1 Å². The fourth-order valence-corrected chi connectivity index (χ4v) is 2.57. The lowest BCUT2D eigenvalue weighted by Crippen LogP contribution is -2.30. The molecule has 0 heterocycles. The molecular formula is C16H15BrClFN2O. The van der Waals surface area contributed by atoms with E-state index in [1.807, 2.05) is 30.1 Å². The van der Waals surface area contributed by atoms with Gasteiger partial charge in [-0.05, 0) is 42.9 Å². The van der Waals surface area contributed by atoms with Crippen LogP contribution in [0.2, 0.25) is 5.02 Å². The van der Waals surface area contributed by atoms with Gasteiger partial charge in [0.05, 0.1) is 12.2 Å². The predicted molar refractivity (Wildman–Crippen MR) is 90.5 cm³/mol. The summed E-state index contributed by atoms with van der Waals surface area (Å²) in [6, 6.07) is 12.0. The molecular weight excluding hydrogens is 371 g/mol. The third-order valence-corrected chi connectivity index (χ3v) is 3.69. The molecule has 0 aliphatic carbocycles. The Morgan fingerprint density at radius 2 is 2.09 bits per heavy atom. The number of likely N-dealkylation sites (N-methyl/N-ethyl adjacent to an activating group) is 1. The van der Waals surface area contributed by atoms with E-state index >= 15 is 0 Å². The van der Waals surface area contributed by atoms with E-state index < -0.39 is 5.82 Å². The van der Waals surface area contributed by atoms with Gasteiger partial charge < -0.3 is 5.32 Å². The average Bonchev–Trinajstić information content (AvgIpc) is 2.41. The Hall–Kier alpha value is -1.43. The Bertz CT molecular complexity index is 681. The van der Waals surface area contributed by atoms with Crippen LogP contribution in [-0.4, -0.2) is 24.4 Å². The number of carbonyl (C=O) groups is 1. The van der Waals surface area contributed by atoms with Crippen molar-refractivity contribution in [3.63, 3.8) is 0 Å². The van der Waals surface area contributed by atoms with Crippen LogP contribution in [0.1, 0.15) is 5.56 Å². The summed E-state index contributed by atoms with van der Waals surface area (Å²) in [5.74, 6) is -0.744. The molecule has 0 saturated heterocycles. The maximum atomic E-state index is 13.7. The standard InChI is InChI=1S/C16H15BrClFN2O/c1-21(9-11-3-2-4-13(18)7-11)10-16(22)20-15-6-5-12(17)8-14(15)19/h2-8H,9-10H2,1H3,(H,20,22). The van der Waals surface area contributed by atoms with Gasteiger partial charge in [0.25, 0.3) is 0 Å². The Labute approximate surface area is 142 Å². The van der Waals surface area contributed by atoms with Crippen molar-refractivity contribution in [1.29, 1.82) is 0 Å². The fraction of sp³-hybridized carbons (Fsp3) is 0.188. The second-order valence-corrected chi connectivity index (χ2v) is 6.33. The highest BCUT2D eigenvalue weighted by Crippen LogP contribution is 2.19. The smallest absolute Gasteiger partial charge is 0.238 e. The van der Waals surface area contributed by atoms with Gasteiger partial charge in [0.2, 0.25) is 5.91 Å². The molecule has 0 fully saturated rings. The first kappa shape index (κ1) is 16.9. The molecule has 1 amide bonds. The Morgan fingerprint density at radius 1 is 1.32 bits per heavy atom. The van der Waals surface area contributed by atoms with Crippen LogP contribution in [0.5, 0.6) is 0 Å². The molecule has 2 aromatic rings. The second kappa shape index (κ2) is 7.72. The first-order valence-electron chi connectivity index (χ1n) is 6.62. The quantitative estimate of drug-likeness (QED) is 0.832. The predicted octanol–water partition coefficient (Wildman–Crippen LogP) is 4.31. The van der Waals surface area contributed by atoms with Crippen LogP contribution in [0, 0.1) is 5.82 Å². The van der Waals surface area contributed by atoms with E-state index in [-0.39, 0.29) is 18.1 Å². The average molecular weight is 386 g/mol. The minimum atomic E-state index is -0.472. The van der Waals surface area contributed by atoms with Crippen molar-refractivity contribution in [3.05, 3.63) is 63.3 Å². The number of hydrogen-bond donors (Lipinski definition) is 1. The van der Waals surface area contributed by atoms with E-state index in [0.717, 1.165) is 5.56 Å². The van der Waals surface area contributed by atoms with Gasteiger partial charge in [-0.25, -0.2) is 4.39 Å². The summed E-state index contributed by atoms with van der Waals surface area (Å²) in [5, 5.41) is 3.22. The van der Waals surface area contributed by atoms with Gasteiger partial charge in [0, 0.05) is 16.0 Å². The largest absolute Gasteiger partial charge is 0.322 e. The highest BCUT2D eigenvalue weighted by Gasteiger charge is 2.10. The zero-order valence-electron chi connectivity index (χ0n) is 11.9. The monoisotopic (exact) mass is 384 g/mol. The van der Waals surface area contributed by atoms with Gasteiger partial charge in [-0.2, -0.15) is 0 Å². The summed E-state index contributed by atoms with van der Waals surface area (Å²) in [5.41, 5.74) is 1.18. The van der Waals surface area contributed by atoms with Crippen molar-refractivity contribution >= 4 is 39.1 Å². The van der Waals surface area contributed by atoms with Gasteiger partial charge in [-0.15, -0.1) is 0 Å². The molecule has 2 rings (SSSR count). The summed E-state index contributed by atoms with van der Waals surface area (Å²) in [7, 11) is 1.82. The van der Waals surface area contributed by atoms with Crippen LogP contribution in [0.15, 0.2) is 46.9 Å². The van der Waals surface area contributed by atoms with Gasteiger partial charge >= 0.3 is 0 Å². The minimum absolute atomic E-state index is 0.155. The van der Waals surface area contributed by atoms with Gasteiger partial charge in [-0.3, -0.25) is 9.69 Å². The molecule has 0 atom stereocenters. The highest BCUT2D eigenvalue weighted by molar-refractivity contribution is 9.10. The molecule has 0 spiro atoms. The van der Waals surface area contributed by atoms with Gasteiger partial charge in [0.1, 0.15) is 5.82 Å². The number of nitrogens with zero attached hydrogens (tertiary/aromatic N) is 1. The number of halogens is 3. The molecule has 1 N–H and O–H groups in total. The number of nitrogens with one attached hydrogen (secondary N) is 1. The van der Waals surface area contributed by atoms with E-state index in [2.05, 4.69) is 21.2 Å². The van der Waals surface area contributed by atoms with Crippen molar-refractivity contribution in [3.8, 4) is 0 Å². The minimum Gasteiger partial charge on any atom is -0.322 e. The highest BCUT2D eigenvalue weighted by atomic mass is 79.9. The van der Waals surface area contributed by atoms with Crippen molar-refractivity contribution in [2.75, 3.05) is 18.9 Å². The molecule has 2 aromatic carbocycles. The summed E-state index contributed by atoms with van der Waals surface area (Å²) in [4.78, 5) is 13.8. The molecule has 0 aliphatic heterocycles. The van der Waals surface area contributed by atoms with Crippen molar-refractivity contribution in [2.24, 2.45) is 0 Å². The van der Waals surface area contributed by atoms with Crippen LogP contribution in [0.25, 0.3) is 0 Å². The van der Waals surface area contributed by atoms with Crippen LogP contribution in [-0.2, 0) is 11.3 Å². The van der Waals surface area contributed by atoms with E-state index in [0.29, 0.717) is 16.0 Å². The van der Waals surface area contributed by atoms with Crippen LogP contribution < -0.4 is 5.32 Å². The first-order valence-corrected chi connectivity index (χ1v) is 7.79. The Kier molecular flexibility index (Phi) is 5.94. The maximum Gasteiger partial charge on any atom is 0.238 e. The topological polar surface area (TPSA) is 32.3 Å². The van der Waals surface area contributed by atoms with Gasteiger partial charge in [-0.1, -0.05) is 39.7 Å². The lowest BCUT2D eigenvalue weighted by molar-refractivity contribution is -0.117. The SMILES string of the molecule is CN(CC(=O)Nc1ccc(Br)cc1F)Cc1cccc(Cl)c1. The number of anilines is 1. The van der Waals surface area contributed by atoms with Crippen LogP contribution >= 0.6 is 27.5 Å². The zero-order chi connectivity index (χ0) is 16.1.